The van der Waals surface area contributed by atoms with Crippen molar-refractivity contribution in [3.63, 3.8) is 0 Å². The predicted octanol–water partition coefficient (Wildman–Crippen LogP) is 3.16. The molecule has 3 aromatic rings. The molecule has 0 aliphatic heterocycles. The average molecular weight is 422 g/mol. The third-order valence-corrected chi connectivity index (χ3v) is 5.83. The Kier molecular flexibility index (Phi) is 5.41. The van der Waals surface area contributed by atoms with Crippen LogP contribution < -0.4 is 16.4 Å². The van der Waals surface area contributed by atoms with Gasteiger partial charge in [0.05, 0.1) is 28.6 Å². The second kappa shape index (κ2) is 8.03. The van der Waals surface area contributed by atoms with Gasteiger partial charge in [-0.3, -0.25) is 9.59 Å². The molecule has 0 saturated heterocycles. The Hall–Kier alpha value is -3.39. The number of carbonyl (C=O) groups is 2. The zero-order valence-corrected chi connectivity index (χ0v) is 17.7. The number of fused-ring (bicyclic) bond motifs is 1. The fourth-order valence-electron chi connectivity index (χ4n) is 4.12. The predicted molar refractivity (Wildman–Crippen MR) is 120 cm³/mol. The van der Waals surface area contributed by atoms with Gasteiger partial charge in [0.1, 0.15) is 0 Å². The van der Waals surface area contributed by atoms with Crippen molar-refractivity contribution in [1.29, 1.82) is 0 Å². The molecule has 31 heavy (non-hydrogen) atoms. The van der Waals surface area contributed by atoms with Crippen molar-refractivity contribution < 1.29 is 14.7 Å². The van der Waals surface area contributed by atoms with Gasteiger partial charge in [-0.2, -0.15) is 5.10 Å². The molecule has 2 amide bonds. The van der Waals surface area contributed by atoms with E-state index >= 15 is 0 Å². The van der Waals surface area contributed by atoms with E-state index in [4.69, 9.17) is 5.73 Å². The van der Waals surface area contributed by atoms with E-state index in [-0.39, 0.29) is 11.9 Å². The van der Waals surface area contributed by atoms with Crippen LogP contribution in [0.4, 0.5) is 11.4 Å². The molecule has 0 atom stereocenters. The molecule has 4 rings (SSSR count). The Morgan fingerprint density at radius 3 is 2.65 bits per heavy atom. The highest BCUT2D eigenvalue weighted by Crippen LogP contribution is 2.33. The number of aliphatic hydroxyl groups is 1. The Bertz CT molecular complexity index is 1140. The molecule has 1 aliphatic carbocycles. The number of anilines is 2. The van der Waals surface area contributed by atoms with Gasteiger partial charge in [-0.15, -0.1) is 0 Å². The lowest BCUT2D eigenvalue weighted by atomic mass is 9.83. The van der Waals surface area contributed by atoms with Gasteiger partial charge in [-0.25, -0.2) is 4.52 Å². The Balaban J connectivity index is 1.71. The first kappa shape index (κ1) is 20.9. The highest BCUT2D eigenvalue weighted by atomic mass is 16.3. The number of benzene rings is 1. The van der Waals surface area contributed by atoms with Crippen LogP contribution in [0.5, 0.6) is 0 Å². The monoisotopic (exact) mass is 421 g/mol. The van der Waals surface area contributed by atoms with Crippen LogP contribution in [0.3, 0.4) is 0 Å². The van der Waals surface area contributed by atoms with Gasteiger partial charge in [0.25, 0.3) is 5.91 Å². The van der Waals surface area contributed by atoms with E-state index < -0.39 is 11.5 Å². The Morgan fingerprint density at radius 2 is 1.97 bits per heavy atom. The summed E-state index contributed by atoms with van der Waals surface area (Å²) in [6.07, 6.45) is 6.34. The molecule has 8 heteroatoms. The lowest BCUT2D eigenvalue weighted by Crippen LogP contribution is -2.36. The molecule has 1 fully saturated rings. The number of amides is 2. The molecule has 1 aromatic carbocycles. The van der Waals surface area contributed by atoms with Crippen LogP contribution >= 0.6 is 0 Å². The standard InChI is InChI=1S/C23H27N5O3/c1-14(29)26-18-5-3-4-15(10-18)16-11-20-21(19(22(24)30)12-25-28(20)13-16)27-17-6-8-23(2,31)9-7-17/h3-5,10-13,17,27,31H,6-9H2,1-2H3,(H2,24,30)(H,26,29). The fourth-order valence-corrected chi connectivity index (χ4v) is 4.12. The third kappa shape index (κ3) is 4.54. The van der Waals surface area contributed by atoms with Gasteiger partial charge in [-0.05, 0) is 56.4 Å². The summed E-state index contributed by atoms with van der Waals surface area (Å²) in [5.41, 5.74) is 9.24. The lowest BCUT2D eigenvalue weighted by molar-refractivity contribution is -0.114. The van der Waals surface area contributed by atoms with E-state index in [2.05, 4.69) is 15.7 Å². The van der Waals surface area contributed by atoms with Crippen LogP contribution in [0.25, 0.3) is 16.6 Å². The molecule has 0 unspecified atom stereocenters. The minimum Gasteiger partial charge on any atom is -0.390 e. The van der Waals surface area contributed by atoms with Gasteiger partial charge in [-0.1, -0.05) is 12.1 Å². The number of hydrogen-bond donors (Lipinski definition) is 4. The maximum absolute atomic E-state index is 12.1. The van der Waals surface area contributed by atoms with E-state index in [9.17, 15) is 14.7 Å². The molecule has 1 aliphatic rings. The van der Waals surface area contributed by atoms with Crippen molar-refractivity contribution in [2.75, 3.05) is 10.6 Å². The number of nitrogens with two attached hydrogens (primary N) is 1. The molecule has 162 valence electrons. The summed E-state index contributed by atoms with van der Waals surface area (Å²) in [5.74, 6) is -0.680. The number of aromatic nitrogens is 2. The van der Waals surface area contributed by atoms with Crippen LogP contribution in [0, 0.1) is 0 Å². The van der Waals surface area contributed by atoms with Crippen molar-refractivity contribution in [2.45, 2.75) is 51.2 Å². The minimum absolute atomic E-state index is 0.131. The minimum atomic E-state index is -0.639. The summed E-state index contributed by atoms with van der Waals surface area (Å²) in [6, 6.07) is 9.62. The van der Waals surface area contributed by atoms with Gasteiger partial charge < -0.3 is 21.5 Å². The quantitative estimate of drug-likeness (QED) is 0.504. The van der Waals surface area contributed by atoms with Crippen molar-refractivity contribution in [3.05, 3.63) is 48.3 Å². The first-order valence-electron chi connectivity index (χ1n) is 10.4. The average Bonchev–Trinajstić information content (AvgIpc) is 3.14. The second-order valence-electron chi connectivity index (χ2n) is 8.53. The summed E-state index contributed by atoms with van der Waals surface area (Å²) in [6.45, 7) is 3.33. The topological polar surface area (TPSA) is 122 Å². The highest BCUT2D eigenvalue weighted by Gasteiger charge is 2.29. The van der Waals surface area contributed by atoms with Crippen LogP contribution in [0.1, 0.15) is 49.9 Å². The molecule has 8 nitrogen and oxygen atoms in total. The van der Waals surface area contributed by atoms with Crippen molar-refractivity contribution in [3.8, 4) is 11.1 Å². The molecule has 0 spiro atoms. The molecule has 2 heterocycles. The van der Waals surface area contributed by atoms with Crippen molar-refractivity contribution >= 4 is 28.7 Å². The van der Waals surface area contributed by atoms with Crippen molar-refractivity contribution in [2.24, 2.45) is 5.73 Å². The van der Waals surface area contributed by atoms with E-state index in [1.165, 1.54) is 13.1 Å². The van der Waals surface area contributed by atoms with E-state index in [0.29, 0.717) is 29.8 Å². The molecular formula is C23H27N5O3. The lowest BCUT2D eigenvalue weighted by Gasteiger charge is -2.34. The molecule has 1 saturated carbocycles. The normalized spacial score (nSPS) is 21.1. The molecule has 0 bridgehead atoms. The Labute approximate surface area is 180 Å². The molecule has 0 radical (unpaired) electrons. The van der Waals surface area contributed by atoms with Crippen LogP contribution in [-0.4, -0.2) is 38.2 Å². The first-order valence-corrected chi connectivity index (χ1v) is 10.4. The number of primary amides is 1. The number of rotatable bonds is 5. The zero-order valence-electron chi connectivity index (χ0n) is 17.7. The molecular weight excluding hydrogens is 394 g/mol. The number of nitrogens with one attached hydrogen (secondary N) is 2. The maximum Gasteiger partial charge on any atom is 0.252 e. The third-order valence-electron chi connectivity index (χ3n) is 5.83. The van der Waals surface area contributed by atoms with Crippen LogP contribution in [0.2, 0.25) is 0 Å². The summed E-state index contributed by atoms with van der Waals surface area (Å²) in [5, 5.41) is 20.9. The summed E-state index contributed by atoms with van der Waals surface area (Å²) in [7, 11) is 0. The number of hydrogen-bond acceptors (Lipinski definition) is 5. The van der Waals surface area contributed by atoms with Gasteiger partial charge >= 0.3 is 0 Å². The van der Waals surface area contributed by atoms with E-state index in [1.54, 1.807) is 4.52 Å². The van der Waals surface area contributed by atoms with E-state index in [0.717, 1.165) is 29.5 Å². The van der Waals surface area contributed by atoms with Crippen LogP contribution in [0.15, 0.2) is 42.7 Å². The highest BCUT2D eigenvalue weighted by molar-refractivity contribution is 6.02. The molecule has 5 N–H and O–H groups in total. The first-order chi connectivity index (χ1) is 14.7. The summed E-state index contributed by atoms with van der Waals surface area (Å²) < 4.78 is 1.72. The number of carbonyl (C=O) groups excluding carboxylic acids is 2. The van der Waals surface area contributed by atoms with Gasteiger partial charge in [0.2, 0.25) is 5.91 Å². The van der Waals surface area contributed by atoms with Crippen LogP contribution in [-0.2, 0) is 4.79 Å². The van der Waals surface area contributed by atoms with E-state index in [1.807, 2.05) is 43.5 Å². The van der Waals surface area contributed by atoms with Crippen molar-refractivity contribution in [1.82, 2.24) is 9.61 Å². The SMILES string of the molecule is CC(=O)Nc1cccc(-c2cc3c(NC4CCC(C)(O)CC4)c(C(N)=O)cnn3c2)c1. The smallest absolute Gasteiger partial charge is 0.252 e. The van der Waals surface area contributed by atoms with Gasteiger partial charge in [0.15, 0.2) is 0 Å². The Morgan fingerprint density at radius 1 is 1.23 bits per heavy atom. The summed E-state index contributed by atoms with van der Waals surface area (Å²) >= 11 is 0. The van der Waals surface area contributed by atoms with Gasteiger partial charge in [0, 0.05) is 30.4 Å². The largest absolute Gasteiger partial charge is 0.390 e. The summed E-state index contributed by atoms with van der Waals surface area (Å²) in [4.78, 5) is 23.5. The maximum atomic E-state index is 12.1. The number of nitrogens with zero attached hydrogens (tertiary/aromatic N) is 2. The molecule has 2 aromatic heterocycles. The second-order valence-corrected chi connectivity index (χ2v) is 8.53. The fraction of sp³-hybridized carbons (Fsp3) is 0.348. The zero-order chi connectivity index (χ0) is 22.2.